The highest BCUT2D eigenvalue weighted by molar-refractivity contribution is 5.86. The Morgan fingerprint density at radius 3 is 1.88 bits per heavy atom. The highest BCUT2D eigenvalue weighted by Crippen LogP contribution is 2.52. The highest BCUT2D eigenvalue weighted by Gasteiger charge is 2.68. The number of ketones is 1. The van der Waals surface area contributed by atoms with Crippen LogP contribution in [0.2, 0.25) is 0 Å². The van der Waals surface area contributed by atoms with Crippen molar-refractivity contribution in [3.8, 4) is 0 Å². The van der Waals surface area contributed by atoms with E-state index in [4.69, 9.17) is 19.2 Å². The molecule has 5 heteroatoms. The van der Waals surface area contributed by atoms with Crippen LogP contribution in [0.25, 0.3) is 0 Å². The second kappa shape index (κ2) is 2.85. The molecule has 0 aromatic rings. The predicted molar refractivity (Wildman–Crippen MR) is 52.1 cm³/mol. The van der Waals surface area contributed by atoms with Crippen LogP contribution in [0.3, 0.4) is 0 Å². The van der Waals surface area contributed by atoms with Gasteiger partial charge in [-0.15, -0.1) is 0 Å². The molecule has 0 spiro atoms. The molecule has 6 atom stereocenters. The van der Waals surface area contributed by atoms with Gasteiger partial charge < -0.3 is 9.47 Å². The number of fused-ring (bicyclic) bond motifs is 6. The number of Topliss-reactive ketones (excluding diaryl/α,β-unsaturated/α-hetero) is 1. The van der Waals surface area contributed by atoms with Gasteiger partial charge in [-0.3, -0.25) is 4.79 Å². The van der Waals surface area contributed by atoms with E-state index in [1.807, 2.05) is 27.7 Å². The van der Waals surface area contributed by atoms with Crippen molar-refractivity contribution in [1.82, 2.24) is 0 Å². The monoisotopic (exact) mass is 228 g/mol. The highest BCUT2D eigenvalue weighted by atomic mass is 17.3. The summed E-state index contributed by atoms with van der Waals surface area (Å²) in [5, 5.41) is 0. The quantitative estimate of drug-likeness (QED) is 0.579. The topological polar surface area (TPSA) is 54.0 Å². The Morgan fingerprint density at radius 2 is 1.44 bits per heavy atom. The lowest BCUT2D eigenvalue weighted by Gasteiger charge is -2.54. The fourth-order valence-electron chi connectivity index (χ4n) is 2.81. The van der Waals surface area contributed by atoms with Crippen LogP contribution in [-0.4, -0.2) is 29.6 Å². The van der Waals surface area contributed by atoms with Crippen LogP contribution < -0.4 is 0 Å². The molecule has 3 saturated heterocycles. The van der Waals surface area contributed by atoms with E-state index >= 15 is 0 Å². The maximum Gasteiger partial charge on any atom is 0.223 e. The molecule has 0 aromatic carbocycles. The van der Waals surface area contributed by atoms with Gasteiger partial charge in [0.1, 0.15) is 17.0 Å². The van der Waals surface area contributed by atoms with Crippen LogP contribution in [-0.2, 0) is 24.0 Å². The summed E-state index contributed by atoms with van der Waals surface area (Å²) in [6, 6.07) is 0. The molecule has 3 fully saturated rings. The molecular formula is C11H16O5. The van der Waals surface area contributed by atoms with Crippen LogP contribution in [0, 0.1) is 11.8 Å². The van der Waals surface area contributed by atoms with Gasteiger partial charge in [-0.05, 0) is 13.8 Å². The smallest absolute Gasteiger partial charge is 0.223 e. The molecule has 0 amide bonds. The average Bonchev–Trinajstić information content (AvgIpc) is 2.70. The molecular weight excluding hydrogens is 212 g/mol. The molecule has 3 aliphatic rings. The summed E-state index contributed by atoms with van der Waals surface area (Å²) < 4.78 is 11.7. The first-order valence-corrected chi connectivity index (χ1v) is 5.61. The van der Waals surface area contributed by atoms with Crippen LogP contribution in [0.4, 0.5) is 0 Å². The van der Waals surface area contributed by atoms with Gasteiger partial charge in [0.2, 0.25) is 12.6 Å². The van der Waals surface area contributed by atoms with Crippen LogP contribution >= 0.6 is 0 Å². The van der Waals surface area contributed by atoms with E-state index in [-0.39, 0.29) is 17.6 Å². The first-order valence-electron chi connectivity index (χ1n) is 5.61. The molecule has 3 rings (SSSR count). The molecule has 4 bridgehead atoms. The Bertz CT molecular complexity index is 326. The Morgan fingerprint density at radius 1 is 1.00 bits per heavy atom. The predicted octanol–water partition coefficient (Wildman–Crippen LogP) is 1.02. The third kappa shape index (κ3) is 0.977. The molecule has 90 valence electrons. The summed E-state index contributed by atoms with van der Waals surface area (Å²) in [5.74, 6) is -0.338. The van der Waals surface area contributed by atoms with Gasteiger partial charge in [0.05, 0.1) is 0 Å². The summed E-state index contributed by atoms with van der Waals surface area (Å²) >= 11 is 0. The van der Waals surface area contributed by atoms with Crippen molar-refractivity contribution in [2.45, 2.75) is 51.5 Å². The van der Waals surface area contributed by atoms with Gasteiger partial charge >= 0.3 is 0 Å². The summed E-state index contributed by atoms with van der Waals surface area (Å²) in [6.07, 6.45) is -1.23. The van der Waals surface area contributed by atoms with E-state index in [1.54, 1.807) is 0 Å². The minimum absolute atomic E-state index is 0.184. The lowest BCUT2D eigenvalue weighted by atomic mass is 9.70. The lowest BCUT2D eigenvalue weighted by molar-refractivity contribution is -0.340. The number of carbonyl (C=O) groups excluding carboxylic acids is 1. The lowest BCUT2D eigenvalue weighted by Crippen LogP contribution is -2.70. The summed E-state index contributed by atoms with van der Waals surface area (Å²) in [6.45, 7) is 7.39. The largest absolute Gasteiger partial charge is 0.357 e. The third-order valence-corrected chi connectivity index (χ3v) is 4.43. The average molecular weight is 228 g/mol. The number of hydrogen-bond acceptors (Lipinski definition) is 5. The van der Waals surface area contributed by atoms with Gasteiger partial charge in [0.15, 0.2) is 0 Å². The third-order valence-electron chi connectivity index (χ3n) is 4.43. The van der Waals surface area contributed by atoms with E-state index < -0.39 is 23.8 Å². The summed E-state index contributed by atoms with van der Waals surface area (Å²) in [4.78, 5) is 22.5. The molecule has 5 nitrogen and oxygen atoms in total. The SMILES string of the molecule is C[C@@H]1C(=O)[C@H](C)[C@@]2(C)O[C@]1(C)[C@H]1OO[C@@H]2O1. The summed E-state index contributed by atoms with van der Waals surface area (Å²) in [7, 11) is 0. The van der Waals surface area contributed by atoms with Crippen LogP contribution in [0.15, 0.2) is 0 Å². The van der Waals surface area contributed by atoms with Gasteiger partial charge in [-0.25, -0.2) is 0 Å². The fraction of sp³-hybridized carbons (Fsp3) is 0.909. The van der Waals surface area contributed by atoms with Crippen molar-refractivity contribution in [2.24, 2.45) is 11.8 Å². The van der Waals surface area contributed by atoms with E-state index in [2.05, 4.69) is 0 Å². The zero-order valence-electron chi connectivity index (χ0n) is 9.85. The van der Waals surface area contributed by atoms with Gasteiger partial charge in [0, 0.05) is 11.8 Å². The first-order chi connectivity index (χ1) is 7.39. The summed E-state index contributed by atoms with van der Waals surface area (Å²) in [5.41, 5.74) is -1.52. The Balaban J connectivity index is 2.11. The molecule has 16 heavy (non-hydrogen) atoms. The Kier molecular flexibility index (Phi) is 1.89. The number of ether oxygens (including phenoxy) is 2. The van der Waals surface area contributed by atoms with Crippen LogP contribution in [0.1, 0.15) is 27.7 Å². The normalized spacial score (nSPS) is 60.1. The second-order valence-corrected chi connectivity index (χ2v) is 5.31. The number of hydrogen-bond donors (Lipinski definition) is 0. The standard InChI is InChI=1S/C11H16O5/c1-5-7(12)6(2)11(4)9-13-8(14-15-9)10(5,3)16-11/h5-6,8-9H,1-4H3/t5-,6+,8-,9+,10+,11-. The zero-order valence-corrected chi connectivity index (χ0v) is 9.85. The van der Waals surface area contributed by atoms with Crippen molar-refractivity contribution < 1.29 is 24.0 Å². The molecule has 0 aromatic heterocycles. The van der Waals surface area contributed by atoms with Gasteiger partial charge in [-0.1, -0.05) is 13.8 Å². The van der Waals surface area contributed by atoms with Gasteiger partial charge in [-0.2, -0.15) is 9.78 Å². The molecule has 0 aliphatic carbocycles. The molecule has 0 radical (unpaired) electrons. The maximum absolute atomic E-state index is 12.2. The van der Waals surface area contributed by atoms with Crippen LogP contribution in [0.5, 0.6) is 0 Å². The first kappa shape index (κ1) is 10.7. The van der Waals surface area contributed by atoms with E-state index in [0.29, 0.717) is 0 Å². The Labute approximate surface area is 93.9 Å². The number of carbonyl (C=O) groups is 1. The van der Waals surface area contributed by atoms with Crippen molar-refractivity contribution >= 4 is 5.78 Å². The van der Waals surface area contributed by atoms with E-state index in [1.165, 1.54) is 0 Å². The minimum Gasteiger partial charge on any atom is -0.357 e. The second-order valence-electron chi connectivity index (χ2n) is 5.31. The minimum atomic E-state index is -0.759. The maximum atomic E-state index is 12.2. The molecule has 0 unspecified atom stereocenters. The van der Waals surface area contributed by atoms with E-state index in [0.717, 1.165) is 0 Å². The van der Waals surface area contributed by atoms with Crippen molar-refractivity contribution in [3.05, 3.63) is 0 Å². The molecule has 0 saturated carbocycles. The molecule has 3 heterocycles. The van der Waals surface area contributed by atoms with Crippen molar-refractivity contribution in [1.29, 1.82) is 0 Å². The molecule has 0 N–H and O–H groups in total. The number of rotatable bonds is 0. The van der Waals surface area contributed by atoms with Crippen molar-refractivity contribution in [3.63, 3.8) is 0 Å². The zero-order chi connectivity index (χ0) is 11.7. The van der Waals surface area contributed by atoms with Crippen molar-refractivity contribution in [2.75, 3.05) is 0 Å². The van der Waals surface area contributed by atoms with E-state index in [9.17, 15) is 4.79 Å². The molecule has 3 aliphatic heterocycles. The van der Waals surface area contributed by atoms with Gasteiger partial charge in [0.25, 0.3) is 0 Å². The fourth-order valence-corrected chi connectivity index (χ4v) is 2.81. The Hall–Kier alpha value is -0.490.